The number of nitrogens with zero attached hydrogens (tertiary/aromatic N) is 4. The van der Waals surface area contributed by atoms with Crippen LogP contribution in [0, 0.1) is 5.92 Å². The summed E-state index contributed by atoms with van der Waals surface area (Å²) in [4.78, 5) is 35.7. The number of hydrogen-bond acceptors (Lipinski definition) is 7. The highest BCUT2D eigenvalue weighted by Gasteiger charge is 2.34. The molecule has 1 aliphatic carbocycles. The van der Waals surface area contributed by atoms with Gasteiger partial charge in [-0.2, -0.15) is 13.2 Å². The molecule has 5 rings (SSSR count). The number of benzene rings is 2. The summed E-state index contributed by atoms with van der Waals surface area (Å²) in [7, 11) is 0. The van der Waals surface area contributed by atoms with Crippen LogP contribution in [0.2, 0.25) is 0 Å². The standard InChI is InChI=1S/C28H30F3N7O3/c1-37-10-12-38(13-11-37)16-19-4-5-21(14-23(19)28(29,30)31)35-27(40)34-20-6-8-22(9-7-20)41-25-15-24(32-17-33-25)36-26(39)18-2-3-18/h4-9,14-15,17-18H,2-3,10-13,16H2,1H3,(H2,34,35,40)(H,32,33,36,39)/i1D3. The number of amides is 3. The fraction of sp³-hybridized carbons (Fsp3) is 0.357. The topological polar surface area (TPSA) is 112 Å². The molecule has 1 aliphatic heterocycles. The molecule has 3 N–H and O–H groups in total. The number of aromatic nitrogens is 2. The van der Waals surface area contributed by atoms with Crippen molar-refractivity contribution in [1.82, 2.24) is 19.8 Å². The molecule has 0 bridgehead atoms. The molecular weight excluding hydrogens is 539 g/mol. The molecule has 13 heteroatoms. The molecule has 3 aromatic rings. The van der Waals surface area contributed by atoms with E-state index in [0.717, 1.165) is 18.9 Å². The van der Waals surface area contributed by atoms with Gasteiger partial charge in [-0.15, -0.1) is 0 Å². The van der Waals surface area contributed by atoms with Crippen molar-refractivity contribution in [3.63, 3.8) is 0 Å². The van der Waals surface area contributed by atoms with E-state index >= 15 is 0 Å². The van der Waals surface area contributed by atoms with Gasteiger partial charge in [-0.25, -0.2) is 14.8 Å². The largest absolute Gasteiger partial charge is 0.439 e. The minimum Gasteiger partial charge on any atom is -0.439 e. The number of carbonyl (C=O) groups excluding carboxylic acids is 2. The van der Waals surface area contributed by atoms with E-state index < -0.39 is 24.7 Å². The molecule has 1 saturated carbocycles. The maximum absolute atomic E-state index is 13.9. The van der Waals surface area contributed by atoms with Gasteiger partial charge in [0, 0.05) is 60.2 Å². The van der Waals surface area contributed by atoms with Crippen LogP contribution in [0.25, 0.3) is 0 Å². The van der Waals surface area contributed by atoms with E-state index in [4.69, 9.17) is 8.85 Å². The lowest BCUT2D eigenvalue weighted by molar-refractivity contribution is -0.138. The van der Waals surface area contributed by atoms with E-state index in [0.29, 0.717) is 30.3 Å². The second kappa shape index (κ2) is 12.1. The summed E-state index contributed by atoms with van der Waals surface area (Å²) < 4.78 is 70.0. The molecule has 0 spiro atoms. The summed E-state index contributed by atoms with van der Waals surface area (Å²) in [6.45, 7) is -1.14. The van der Waals surface area contributed by atoms with E-state index in [1.165, 1.54) is 29.4 Å². The van der Waals surface area contributed by atoms with Crippen LogP contribution in [0.5, 0.6) is 11.6 Å². The maximum Gasteiger partial charge on any atom is 0.416 e. The summed E-state index contributed by atoms with van der Waals surface area (Å²) >= 11 is 0. The van der Waals surface area contributed by atoms with Crippen molar-refractivity contribution in [2.45, 2.75) is 25.6 Å². The fourth-order valence-corrected chi connectivity index (χ4v) is 4.26. The van der Waals surface area contributed by atoms with Crippen LogP contribution in [0.3, 0.4) is 0 Å². The van der Waals surface area contributed by atoms with Gasteiger partial charge in [0.25, 0.3) is 0 Å². The number of ether oxygens (including phenoxy) is 1. The molecule has 10 nitrogen and oxygen atoms in total. The third kappa shape index (κ3) is 7.92. The minimum absolute atomic E-state index is 0.00396. The van der Waals surface area contributed by atoms with Crippen molar-refractivity contribution in [3.8, 4) is 11.6 Å². The second-order valence-electron chi connectivity index (χ2n) is 9.84. The maximum atomic E-state index is 13.9. The van der Waals surface area contributed by atoms with Gasteiger partial charge in [0.1, 0.15) is 17.9 Å². The van der Waals surface area contributed by atoms with Crippen molar-refractivity contribution >= 4 is 29.1 Å². The smallest absolute Gasteiger partial charge is 0.416 e. The van der Waals surface area contributed by atoms with Gasteiger partial charge in [0.2, 0.25) is 11.8 Å². The van der Waals surface area contributed by atoms with Crippen molar-refractivity contribution in [1.29, 1.82) is 0 Å². The number of urea groups is 1. The second-order valence-corrected chi connectivity index (χ2v) is 9.84. The molecular formula is C28H30F3N7O3. The Kier molecular flexibility index (Phi) is 7.25. The predicted octanol–water partition coefficient (Wildman–Crippen LogP) is 5.03. The van der Waals surface area contributed by atoms with E-state index in [1.807, 2.05) is 0 Å². The number of halogens is 3. The van der Waals surface area contributed by atoms with Crippen molar-refractivity contribution in [2.75, 3.05) is 49.1 Å². The average Bonchev–Trinajstić information content (AvgIpc) is 3.80. The number of piperazine rings is 1. The summed E-state index contributed by atoms with van der Waals surface area (Å²) in [6.07, 6.45) is -1.68. The fourth-order valence-electron chi connectivity index (χ4n) is 4.26. The van der Waals surface area contributed by atoms with Gasteiger partial charge in [0.05, 0.1) is 5.56 Å². The molecule has 2 heterocycles. The number of hydrogen-bond donors (Lipinski definition) is 3. The zero-order valence-electron chi connectivity index (χ0n) is 24.9. The summed E-state index contributed by atoms with van der Waals surface area (Å²) in [5, 5.41) is 7.71. The highest BCUT2D eigenvalue weighted by atomic mass is 19.4. The lowest BCUT2D eigenvalue weighted by Crippen LogP contribution is -2.44. The van der Waals surface area contributed by atoms with E-state index in [9.17, 15) is 22.8 Å². The highest BCUT2D eigenvalue weighted by Crippen LogP contribution is 2.35. The Morgan fingerprint density at radius 2 is 1.68 bits per heavy atom. The Bertz CT molecular complexity index is 1490. The van der Waals surface area contributed by atoms with E-state index in [2.05, 4.69) is 25.9 Å². The van der Waals surface area contributed by atoms with Gasteiger partial charge >= 0.3 is 12.2 Å². The van der Waals surface area contributed by atoms with Gasteiger partial charge in [-0.05, 0) is 61.8 Å². The first kappa shape index (κ1) is 24.6. The predicted molar refractivity (Wildman–Crippen MR) is 147 cm³/mol. The molecule has 41 heavy (non-hydrogen) atoms. The zero-order valence-corrected chi connectivity index (χ0v) is 21.9. The van der Waals surface area contributed by atoms with Crippen molar-refractivity contribution in [2.24, 2.45) is 5.92 Å². The highest BCUT2D eigenvalue weighted by molar-refractivity contribution is 5.99. The number of anilines is 3. The van der Waals surface area contributed by atoms with Crippen LogP contribution < -0.4 is 20.7 Å². The third-order valence-electron chi connectivity index (χ3n) is 6.62. The Labute approximate surface area is 239 Å². The number of rotatable bonds is 8. The van der Waals surface area contributed by atoms with Crippen molar-refractivity contribution in [3.05, 3.63) is 66.0 Å². The van der Waals surface area contributed by atoms with Crippen LogP contribution in [0.15, 0.2) is 54.9 Å². The monoisotopic (exact) mass is 572 g/mol. The van der Waals surface area contributed by atoms with Crippen molar-refractivity contribution < 1.29 is 31.6 Å². The van der Waals surface area contributed by atoms with E-state index in [-0.39, 0.29) is 48.6 Å². The van der Waals surface area contributed by atoms with Crippen LogP contribution in [0.4, 0.5) is 35.2 Å². The molecule has 2 fully saturated rings. The molecule has 1 saturated heterocycles. The summed E-state index contributed by atoms with van der Waals surface area (Å²) in [5.74, 6) is 0.822. The molecule has 0 radical (unpaired) electrons. The van der Waals surface area contributed by atoms with E-state index in [1.54, 1.807) is 29.2 Å². The lowest BCUT2D eigenvalue weighted by atomic mass is 10.0. The molecule has 0 unspecified atom stereocenters. The normalized spacial score (nSPS) is 17.6. The van der Waals surface area contributed by atoms with Gasteiger partial charge in [-0.1, -0.05) is 6.07 Å². The number of carbonyl (C=O) groups is 2. The first-order chi connectivity index (χ1) is 20.8. The number of likely N-dealkylation sites (N-methyl/N-ethyl adjacent to an activating group) is 1. The molecule has 216 valence electrons. The lowest BCUT2D eigenvalue weighted by Gasteiger charge is -2.33. The van der Waals surface area contributed by atoms with Gasteiger partial charge in [0.15, 0.2) is 0 Å². The molecule has 1 aromatic heterocycles. The number of alkyl halides is 3. The van der Waals surface area contributed by atoms with Gasteiger partial charge in [-0.3, -0.25) is 9.69 Å². The Balaban J connectivity index is 1.16. The molecule has 2 aliphatic rings. The Morgan fingerprint density at radius 1 is 0.976 bits per heavy atom. The van der Waals surface area contributed by atoms with Crippen LogP contribution in [0.1, 0.15) is 28.1 Å². The average molecular weight is 573 g/mol. The Morgan fingerprint density at radius 3 is 2.37 bits per heavy atom. The minimum atomic E-state index is -4.66. The number of nitrogens with one attached hydrogen (secondary N) is 3. The SMILES string of the molecule is [2H]C([2H])([2H])N1CCN(Cc2ccc(NC(=O)Nc3ccc(Oc4cc(NC(=O)C5CC5)ncn4)cc3)cc2C(F)(F)F)CC1. The summed E-state index contributed by atoms with van der Waals surface area (Å²) in [5.41, 5.74) is -0.532. The van der Waals surface area contributed by atoms with Crippen LogP contribution >= 0.6 is 0 Å². The van der Waals surface area contributed by atoms with Crippen LogP contribution in [-0.4, -0.2) is 64.9 Å². The quantitative estimate of drug-likeness (QED) is 0.347. The summed E-state index contributed by atoms with van der Waals surface area (Å²) in [6, 6.07) is 10.5. The first-order valence-electron chi connectivity index (χ1n) is 14.5. The molecule has 0 atom stereocenters. The third-order valence-corrected chi connectivity index (χ3v) is 6.62. The van der Waals surface area contributed by atoms with Gasteiger partial charge < -0.3 is 25.6 Å². The molecule has 2 aromatic carbocycles. The first-order valence-corrected chi connectivity index (χ1v) is 13.0. The zero-order chi connectivity index (χ0) is 31.5. The molecule has 3 amide bonds. The van der Waals surface area contributed by atoms with Crippen LogP contribution in [-0.2, 0) is 17.5 Å². The Hall–Kier alpha value is -4.23.